The number of alkyl carbamates (subject to hydrolysis) is 1. The molecule has 35 heavy (non-hydrogen) atoms. The number of methoxy groups -OCH3 is 1. The highest BCUT2D eigenvalue weighted by Crippen LogP contribution is 2.19. The molecule has 1 heterocycles. The lowest BCUT2D eigenvalue weighted by Gasteiger charge is -2.23. The van der Waals surface area contributed by atoms with Gasteiger partial charge in [-0.25, -0.2) is 9.59 Å². The zero-order valence-corrected chi connectivity index (χ0v) is 21.2. The summed E-state index contributed by atoms with van der Waals surface area (Å²) in [5, 5.41) is 8.65. The van der Waals surface area contributed by atoms with Crippen LogP contribution in [0, 0.1) is 5.92 Å². The molecule has 2 rings (SSSR count). The van der Waals surface area contributed by atoms with Crippen LogP contribution >= 0.6 is 0 Å². The SMILES string of the molecule is COC(=O)[C@H](CC(C)C)NC(=O)CNC(=O)[C@H](Cc1c[nH]c2ccccc12)NC(=O)OC(C)(C)C. The van der Waals surface area contributed by atoms with Crippen LogP contribution in [0.5, 0.6) is 0 Å². The molecular weight excluding hydrogens is 452 g/mol. The van der Waals surface area contributed by atoms with Crippen molar-refractivity contribution in [3.8, 4) is 0 Å². The van der Waals surface area contributed by atoms with Gasteiger partial charge in [-0.05, 0) is 44.7 Å². The summed E-state index contributed by atoms with van der Waals surface area (Å²) in [4.78, 5) is 52.9. The number of benzene rings is 1. The van der Waals surface area contributed by atoms with Gasteiger partial charge in [0.25, 0.3) is 0 Å². The maximum absolute atomic E-state index is 13.0. The molecule has 1 aromatic heterocycles. The molecule has 0 radical (unpaired) electrons. The van der Waals surface area contributed by atoms with Gasteiger partial charge in [0.2, 0.25) is 11.8 Å². The number of nitrogens with one attached hydrogen (secondary N) is 4. The van der Waals surface area contributed by atoms with Crippen molar-refractivity contribution < 1.29 is 28.7 Å². The van der Waals surface area contributed by atoms with E-state index in [1.807, 2.05) is 38.1 Å². The van der Waals surface area contributed by atoms with E-state index >= 15 is 0 Å². The van der Waals surface area contributed by atoms with Crippen LogP contribution in [0.2, 0.25) is 0 Å². The summed E-state index contributed by atoms with van der Waals surface area (Å²) in [5.41, 5.74) is 0.978. The van der Waals surface area contributed by atoms with E-state index in [9.17, 15) is 19.2 Å². The Balaban J connectivity index is 2.10. The molecular formula is C25H36N4O6. The number of rotatable bonds is 10. The minimum atomic E-state index is -0.996. The number of carbonyl (C=O) groups excluding carboxylic acids is 4. The third-order valence-electron chi connectivity index (χ3n) is 5.06. The Hall–Kier alpha value is -3.56. The molecule has 0 bridgehead atoms. The third kappa shape index (κ3) is 8.95. The van der Waals surface area contributed by atoms with Gasteiger partial charge in [0.05, 0.1) is 13.7 Å². The van der Waals surface area contributed by atoms with E-state index in [0.29, 0.717) is 6.42 Å². The molecule has 192 valence electrons. The minimum Gasteiger partial charge on any atom is -0.467 e. The lowest BCUT2D eigenvalue weighted by molar-refractivity contribution is -0.145. The van der Waals surface area contributed by atoms with Crippen LogP contribution in [0.3, 0.4) is 0 Å². The van der Waals surface area contributed by atoms with Crippen molar-refractivity contribution >= 4 is 34.8 Å². The topological polar surface area (TPSA) is 139 Å². The van der Waals surface area contributed by atoms with Crippen molar-refractivity contribution in [3.63, 3.8) is 0 Å². The Morgan fingerprint density at radius 3 is 2.34 bits per heavy atom. The van der Waals surface area contributed by atoms with Gasteiger partial charge in [0, 0.05) is 23.5 Å². The number of ether oxygens (including phenoxy) is 2. The Bertz CT molecular complexity index is 1040. The van der Waals surface area contributed by atoms with Crippen molar-refractivity contribution in [2.24, 2.45) is 5.92 Å². The molecule has 0 fully saturated rings. The highest BCUT2D eigenvalue weighted by Gasteiger charge is 2.27. The average Bonchev–Trinajstić information content (AvgIpc) is 3.17. The Morgan fingerprint density at radius 1 is 1.03 bits per heavy atom. The van der Waals surface area contributed by atoms with E-state index in [-0.39, 0.29) is 18.9 Å². The second-order valence-electron chi connectivity index (χ2n) is 9.75. The molecule has 0 aliphatic heterocycles. The normalized spacial score (nSPS) is 13.1. The number of H-pyrrole nitrogens is 1. The first kappa shape index (κ1) is 27.7. The van der Waals surface area contributed by atoms with Crippen LogP contribution < -0.4 is 16.0 Å². The third-order valence-corrected chi connectivity index (χ3v) is 5.06. The first-order chi connectivity index (χ1) is 16.4. The largest absolute Gasteiger partial charge is 0.467 e. The van der Waals surface area contributed by atoms with E-state index in [1.54, 1.807) is 27.0 Å². The maximum atomic E-state index is 13.0. The summed E-state index contributed by atoms with van der Waals surface area (Å²) in [6, 6.07) is 5.79. The van der Waals surface area contributed by atoms with Crippen molar-refractivity contribution in [2.75, 3.05) is 13.7 Å². The molecule has 3 amide bonds. The van der Waals surface area contributed by atoms with Gasteiger partial charge in [-0.2, -0.15) is 0 Å². The minimum absolute atomic E-state index is 0.146. The summed E-state index contributed by atoms with van der Waals surface area (Å²) < 4.78 is 10.1. The number of esters is 1. The summed E-state index contributed by atoms with van der Waals surface area (Å²) in [6.07, 6.45) is 1.61. The van der Waals surface area contributed by atoms with Gasteiger partial charge in [-0.15, -0.1) is 0 Å². The molecule has 0 unspecified atom stereocenters. The predicted octanol–water partition coefficient (Wildman–Crippen LogP) is 2.42. The molecule has 10 nitrogen and oxygen atoms in total. The van der Waals surface area contributed by atoms with Gasteiger partial charge in [-0.3, -0.25) is 9.59 Å². The smallest absolute Gasteiger partial charge is 0.408 e. The van der Waals surface area contributed by atoms with E-state index < -0.39 is 41.6 Å². The van der Waals surface area contributed by atoms with Crippen LogP contribution in [0.15, 0.2) is 30.5 Å². The summed E-state index contributed by atoms with van der Waals surface area (Å²) in [5.74, 6) is -1.51. The fraction of sp³-hybridized carbons (Fsp3) is 0.520. The second-order valence-corrected chi connectivity index (χ2v) is 9.75. The average molecular weight is 489 g/mol. The number of hydrogen-bond donors (Lipinski definition) is 4. The first-order valence-corrected chi connectivity index (χ1v) is 11.6. The molecule has 0 aliphatic carbocycles. The van der Waals surface area contributed by atoms with E-state index in [4.69, 9.17) is 9.47 Å². The molecule has 2 aromatic rings. The van der Waals surface area contributed by atoms with Gasteiger partial charge >= 0.3 is 12.1 Å². The lowest BCUT2D eigenvalue weighted by Crippen LogP contribution is -2.52. The molecule has 4 N–H and O–H groups in total. The zero-order valence-electron chi connectivity index (χ0n) is 21.2. The van der Waals surface area contributed by atoms with Gasteiger partial charge < -0.3 is 30.4 Å². The fourth-order valence-electron chi connectivity index (χ4n) is 3.54. The standard InChI is InChI=1S/C25H36N4O6/c1-15(2)11-20(23(32)34-6)28-21(30)14-27-22(31)19(29-24(33)35-25(3,4)5)12-16-13-26-18-10-8-7-9-17(16)18/h7-10,13,15,19-20,26H,11-12,14H2,1-6H3,(H,27,31)(H,28,30)(H,29,33)/t19-,20-/m0/s1. The Labute approximate surface area is 205 Å². The Morgan fingerprint density at radius 2 is 1.71 bits per heavy atom. The van der Waals surface area contributed by atoms with Gasteiger partial charge in [-0.1, -0.05) is 32.0 Å². The van der Waals surface area contributed by atoms with E-state index in [0.717, 1.165) is 16.5 Å². The molecule has 2 atom stereocenters. The van der Waals surface area contributed by atoms with Crippen LogP contribution in [-0.4, -0.2) is 60.2 Å². The van der Waals surface area contributed by atoms with Crippen LogP contribution in [0.4, 0.5) is 4.79 Å². The van der Waals surface area contributed by atoms with Crippen molar-refractivity contribution in [2.45, 2.75) is 65.1 Å². The summed E-state index contributed by atoms with van der Waals surface area (Å²) in [6.45, 7) is 8.63. The first-order valence-electron chi connectivity index (χ1n) is 11.6. The molecule has 0 aliphatic rings. The number of amides is 3. The van der Waals surface area contributed by atoms with Gasteiger partial charge in [0.15, 0.2) is 0 Å². The number of aromatic nitrogens is 1. The van der Waals surface area contributed by atoms with Crippen LogP contribution in [0.25, 0.3) is 10.9 Å². The quantitative estimate of drug-likeness (QED) is 0.379. The number of para-hydroxylation sites is 1. The number of hydrogen-bond acceptors (Lipinski definition) is 6. The molecule has 1 aromatic carbocycles. The van der Waals surface area contributed by atoms with E-state index in [2.05, 4.69) is 20.9 Å². The van der Waals surface area contributed by atoms with Crippen molar-refractivity contribution in [1.29, 1.82) is 0 Å². The highest BCUT2D eigenvalue weighted by atomic mass is 16.6. The molecule has 0 saturated heterocycles. The van der Waals surface area contributed by atoms with Crippen LogP contribution in [0.1, 0.15) is 46.6 Å². The number of fused-ring (bicyclic) bond motifs is 1. The fourth-order valence-corrected chi connectivity index (χ4v) is 3.54. The predicted molar refractivity (Wildman–Crippen MR) is 132 cm³/mol. The molecule has 10 heteroatoms. The Kier molecular flexibility index (Phi) is 9.68. The van der Waals surface area contributed by atoms with E-state index in [1.165, 1.54) is 7.11 Å². The van der Waals surface area contributed by atoms with Crippen LogP contribution in [-0.2, 0) is 30.3 Å². The molecule has 0 spiro atoms. The monoisotopic (exact) mass is 488 g/mol. The van der Waals surface area contributed by atoms with Crippen molar-refractivity contribution in [3.05, 3.63) is 36.0 Å². The zero-order chi connectivity index (χ0) is 26.2. The highest BCUT2D eigenvalue weighted by molar-refractivity contribution is 5.92. The number of carbonyl (C=O) groups is 4. The summed E-state index contributed by atoms with van der Waals surface area (Å²) in [7, 11) is 1.25. The lowest BCUT2D eigenvalue weighted by atomic mass is 10.0. The molecule has 0 saturated carbocycles. The summed E-state index contributed by atoms with van der Waals surface area (Å²) >= 11 is 0. The number of aromatic amines is 1. The maximum Gasteiger partial charge on any atom is 0.408 e. The van der Waals surface area contributed by atoms with Gasteiger partial charge in [0.1, 0.15) is 17.7 Å². The second kappa shape index (κ2) is 12.2. The van der Waals surface area contributed by atoms with Crippen molar-refractivity contribution in [1.82, 2.24) is 20.9 Å².